The minimum absolute atomic E-state index is 0.0355. The second-order valence-electron chi connectivity index (χ2n) is 1.33. The maximum absolute atomic E-state index is 6.93. The fourth-order valence-corrected chi connectivity index (χ4v) is 0.338. The van der Waals surface area contributed by atoms with Crippen molar-refractivity contribution >= 4 is 5.82 Å². The molecule has 42 valence electrons. The zero-order valence-electron chi connectivity index (χ0n) is 7.13. The summed E-state index contributed by atoms with van der Waals surface area (Å²) in [6.45, 7) is -2.19. The predicted molar refractivity (Wildman–Crippen MR) is 31.2 cm³/mol. The summed E-state index contributed by atoms with van der Waals surface area (Å²) in [6, 6.07) is 0. The van der Waals surface area contributed by atoms with Crippen LogP contribution >= 0.6 is 0 Å². The first-order valence-electron chi connectivity index (χ1n) is 3.58. The summed E-state index contributed by atoms with van der Waals surface area (Å²) in [7, 11) is 0. The van der Waals surface area contributed by atoms with Crippen molar-refractivity contribution in [2.45, 2.75) is 6.85 Å². The van der Waals surface area contributed by atoms with E-state index >= 15 is 0 Å². The molecule has 0 radical (unpaired) electrons. The van der Waals surface area contributed by atoms with E-state index in [0.717, 1.165) is 6.20 Å². The molecule has 1 rings (SSSR count). The van der Waals surface area contributed by atoms with Crippen LogP contribution in [0.25, 0.3) is 0 Å². The van der Waals surface area contributed by atoms with Crippen LogP contribution in [0.3, 0.4) is 0 Å². The maximum Gasteiger partial charge on any atom is 0.141 e. The molecule has 3 nitrogen and oxygen atoms in total. The molecule has 1 aromatic heterocycles. The fourth-order valence-electron chi connectivity index (χ4n) is 0.338. The number of aromatic nitrogens is 2. The van der Waals surface area contributed by atoms with Gasteiger partial charge in [-0.25, -0.2) is 4.98 Å². The maximum atomic E-state index is 6.93. The molecular weight excluding hydrogens is 103 g/mol. The third kappa shape index (κ3) is 0.932. The third-order valence-electron chi connectivity index (χ3n) is 0.672. The van der Waals surface area contributed by atoms with Crippen LogP contribution in [0.15, 0.2) is 12.4 Å². The molecule has 0 amide bonds. The van der Waals surface area contributed by atoms with Crippen molar-refractivity contribution < 1.29 is 4.11 Å². The largest absolute Gasteiger partial charge is 0.382 e. The second-order valence-corrected chi connectivity index (χ2v) is 1.33. The van der Waals surface area contributed by atoms with Crippen LogP contribution in [0.2, 0.25) is 0 Å². The molecule has 0 atom stereocenters. The average molecular weight is 113 g/mol. The van der Waals surface area contributed by atoms with E-state index in [1.807, 2.05) is 0 Å². The van der Waals surface area contributed by atoms with Gasteiger partial charge in [0.2, 0.25) is 0 Å². The molecule has 2 N–H and O–H groups in total. The Kier molecular flexibility index (Phi) is 0.541. The molecule has 0 spiro atoms. The molecule has 0 fully saturated rings. The quantitative estimate of drug-likeness (QED) is 0.494. The minimum atomic E-state index is -2.19. The van der Waals surface area contributed by atoms with E-state index in [0.29, 0.717) is 0 Å². The van der Waals surface area contributed by atoms with Crippen LogP contribution in [-0.2, 0) is 0 Å². The van der Waals surface area contributed by atoms with E-state index in [1.54, 1.807) is 0 Å². The van der Waals surface area contributed by atoms with Crippen LogP contribution in [-0.4, -0.2) is 9.97 Å². The highest BCUT2D eigenvalue weighted by atomic mass is 14.9. The Morgan fingerprint density at radius 2 is 2.50 bits per heavy atom. The van der Waals surface area contributed by atoms with Gasteiger partial charge in [0, 0.05) is 4.11 Å². The highest BCUT2D eigenvalue weighted by Crippen LogP contribution is 1.91. The fraction of sp³-hybridized carbons (Fsp3) is 0.200. The summed E-state index contributed by atoms with van der Waals surface area (Å²) >= 11 is 0. The number of nitrogens with two attached hydrogens (primary N) is 1. The number of aryl methyl sites for hydroxylation is 1. The van der Waals surface area contributed by atoms with Gasteiger partial charge in [-0.15, -0.1) is 0 Å². The lowest BCUT2D eigenvalue weighted by molar-refractivity contribution is 1.13. The number of anilines is 1. The number of rotatable bonds is 0. The number of hydrogen-bond donors (Lipinski definition) is 1. The topological polar surface area (TPSA) is 51.8 Å². The summed E-state index contributed by atoms with van der Waals surface area (Å²) in [5.41, 5.74) is 5.18. The number of nitrogens with zero attached hydrogens (tertiary/aromatic N) is 2. The summed E-state index contributed by atoms with van der Waals surface area (Å²) < 4.78 is 20.8. The SMILES string of the molecule is [2H][13C]([2H])([2H])c1cnc(N)cn1. The molecule has 8 heavy (non-hydrogen) atoms. The molecule has 1 aromatic rings. The molecule has 0 saturated carbocycles. The van der Waals surface area contributed by atoms with E-state index < -0.39 is 6.85 Å². The van der Waals surface area contributed by atoms with E-state index in [4.69, 9.17) is 9.85 Å². The van der Waals surface area contributed by atoms with Gasteiger partial charge < -0.3 is 5.73 Å². The van der Waals surface area contributed by atoms with E-state index in [1.165, 1.54) is 6.20 Å². The Morgan fingerprint density at radius 3 is 3.00 bits per heavy atom. The molecule has 0 bridgehead atoms. The lowest BCUT2D eigenvalue weighted by Crippen LogP contribution is -1.90. The number of nitrogen functional groups attached to an aromatic ring is 1. The summed E-state index contributed by atoms with van der Waals surface area (Å²) in [4.78, 5) is 7.20. The molecule has 0 aliphatic heterocycles. The molecule has 0 aliphatic carbocycles. The molecule has 1 heterocycles. The standard InChI is InChI=1S/C5H7N3/c1-4-2-8-5(6)3-7-4/h2-3H,1H3,(H2,6,8)/i1+1D3. The van der Waals surface area contributed by atoms with Gasteiger partial charge in [0.05, 0.1) is 18.1 Å². The first-order chi connectivity index (χ1) is 5.00. The first-order valence-corrected chi connectivity index (χ1v) is 2.08. The van der Waals surface area contributed by atoms with Crippen LogP contribution < -0.4 is 5.73 Å². The minimum Gasteiger partial charge on any atom is -0.382 e. The lowest BCUT2D eigenvalue weighted by atomic mass is 10.6. The molecular formula is C5H7N3. The Labute approximate surface area is 51.8 Å². The van der Waals surface area contributed by atoms with Gasteiger partial charge in [-0.05, 0) is 6.85 Å². The zero-order valence-corrected chi connectivity index (χ0v) is 4.13. The molecule has 0 aliphatic rings. The Bertz CT molecular complexity index is 240. The number of hydrogen-bond acceptors (Lipinski definition) is 3. The monoisotopic (exact) mass is 113 g/mol. The Balaban J connectivity index is 2.99. The van der Waals surface area contributed by atoms with Crippen molar-refractivity contribution in [1.82, 2.24) is 9.97 Å². The molecule has 3 heteroatoms. The van der Waals surface area contributed by atoms with Crippen molar-refractivity contribution in [2.24, 2.45) is 0 Å². The van der Waals surface area contributed by atoms with Crippen molar-refractivity contribution in [3.05, 3.63) is 18.1 Å². The van der Waals surface area contributed by atoms with E-state index in [9.17, 15) is 0 Å². The van der Waals surface area contributed by atoms with Gasteiger partial charge in [-0.1, -0.05) is 0 Å². The second kappa shape index (κ2) is 1.78. The molecule has 0 aromatic carbocycles. The van der Waals surface area contributed by atoms with Crippen molar-refractivity contribution in [2.75, 3.05) is 5.73 Å². The Morgan fingerprint density at radius 1 is 1.62 bits per heavy atom. The van der Waals surface area contributed by atoms with E-state index in [-0.39, 0.29) is 11.5 Å². The van der Waals surface area contributed by atoms with Crippen LogP contribution in [0, 0.1) is 6.85 Å². The Hall–Kier alpha value is -1.12. The zero-order chi connectivity index (χ0) is 8.48. The van der Waals surface area contributed by atoms with Gasteiger partial charge in [0.25, 0.3) is 0 Å². The molecule has 0 saturated heterocycles. The van der Waals surface area contributed by atoms with Gasteiger partial charge >= 0.3 is 0 Å². The summed E-state index contributed by atoms with van der Waals surface area (Å²) in [6.07, 6.45) is 2.38. The van der Waals surface area contributed by atoms with Gasteiger partial charge in [-0.3, -0.25) is 4.98 Å². The van der Waals surface area contributed by atoms with Crippen LogP contribution in [0.1, 0.15) is 9.81 Å². The van der Waals surface area contributed by atoms with Gasteiger partial charge in [0.15, 0.2) is 0 Å². The van der Waals surface area contributed by atoms with Crippen molar-refractivity contribution in [3.63, 3.8) is 0 Å². The van der Waals surface area contributed by atoms with Gasteiger partial charge in [0.1, 0.15) is 5.82 Å². The third-order valence-corrected chi connectivity index (χ3v) is 0.672. The van der Waals surface area contributed by atoms with Crippen LogP contribution in [0.4, 0.5) is 5.82 Å². The van der Waals surface area contributed by atoms with Gasteiger partial charge in [-0.2, -0.15) is 0 Å². The van der Waals surface area contributed by atoms with Crippen molar-refractivity contribution in [3.8, 4) is 0 Å². The smallest absolute Gasteiger partial charge is 0.141 e. The average Bonchev–Trinajstić information content (AvgIpc) is 1.86. The predicted octanol–water partition coefficient (Wildman–Crippen LogP) is 0.367. The highest BCUT2D eigenvalue weighted by Gasteiger charge is 1.83. The lowest BCUT2D eigenvalue weighted by Gasteiger charge is -1.88. The molecule has 0 unspecified atom stereocenters. The van der Waals surface area contributed by atoms with Crippen molar-refractivity contribution in [1.29, 1.82) is 0 Å². The first kappa shape index (κ1) is 2.44. The summed E-state index contributed by atoms with van der Waals surface area (Å²) in [5, 5.41) is 0. The summed E-state index contributed by atoms with van der Waals surface area (Å²) in [5.74, 6) is 0.220. The van der Waals surface area contributed by atoms with E-state index in [2.05, 4.69) is 9.97 Å². The normalized spacial score (nSPS) is 16.2. The highest BCUT2D eigenvalue weighted by molar-refractivity contribution is 5.22. The van der Waals surface area contributed by atoms with Crippen LogP contribution in [0.5, 0.6) is 0 Å².